The number of nitrogens with two attached hydrogens (primary N) is 3. The van der Waals surface area contributed by atoms with Gasteiger partial charge < -0.3 is 5.73 Å². The van der Waals surface area contributed by atoms with Crippen LogP contribution in [0.25, 0.3) is 0 Å². The van der Waals surface area contributed by atoms with Crippen LogP contribution in [0.1, 0.15) is 5.56 Å². The molecule has 1 aromatic heterocycles. The zero-order valence-corrected chi connectivity index (χ0v) is 9.81. The molecule has 0 bridgehead atoms. The summed E-state index contributed by atoms with van der Waals surface area (Å²) in [5.74, 6) is 9.14. The molecule has 0 saturated carbocycles. The first-order valence-electron chi connectivity index (χ1n) is 5.20. The van der Waals surface area contributed by atoms with Crippen LogP contribution in [-0.4, -0.2) is 20.9 Å². The lowest BCUT2D eigenvalue weighted by Gasteiger charge is -2.00. The Labute approximate surface area is 105 Å². The molecular formula is C11H16N6O. The van der Waals surface area contributed by atoms with Gasteiger partial charge in [-0.05, 0) is 11.6 Å². The molecule has 18 heavy (non-hydrogen) atoms. The molecule has 2 amide bonds. The van der Waals surface area contributed by atoms with Gasteiger partial charge in [0.05, 0.1) is 6.54 Å². The highest BCUT2D eigenvalue weighted by molar-refractivity contribution is 5.70. The zero-order chi connectivity index (χ0) is 13.4. The fourth-order valence-corrected chi connectivity index (χ4v) is 1.16. The Balaban J connectivity index is 0.000000232. The van der Waals surface area contributed by atoms with Crippen LogP contribution in [0, 0.1) is 0 Å². The van der Waals surface area contributed by atoms with Crippen molar-refractivity contribution in [3.05, 3.63) is 54.4 Å². The minimum atomic E-state index is -0.852. The molecule has 0 unspecified atom stereocenters. The van der Waals surface area contributed by atoms with Crippen LogP contribution >= 0.6 is 0 Å². The quantitative estimate of drug-likeness (QED) is 0.395. The van der Waals surface area contributed by atoms with Crippen LogP contribution < -0.4 is 17.4 Å². The van der Waals surface area contributed by atoms with E-state index < -0.39 is 6.03 Å². The first-order valence-corrected chi connectivity index (χ1v) is 5.20. The summed E-state index contributed by atoms with van der Waals surface area (Å²) in [4.78, 5) is 9.60. The third-order valence-corrected chi connectivity index (χ3v) is 2.00. The number of nitrogens with zero attached hydrogens (tertiary/aromatic N) is 3. The van der Waals surface area contributed by atoms with Crippen LogP contribution in [0.2, 0.25) is 0 Å². The van der Waals surface area contributed by atoms with E-state index in [9.17, 15) is 4.79 Å². The number of benzene rings is 1. The fraction of sp³-hybridized carbons (Fsp3) is 0.0909. The number of hydrogen-bond acceptors (Lipinski definition) is 4. The highest BCUT2D eigenvalue weighted by Crippen LogP contribution is 2.00. The maximum absolute atomic E-state index is 9.60. The summed E-state index contributed by atoms with van der Waals surface area (Å²) in [6.07, 6.45) is 3.76. The molecule has 0 saturated heterocycles. The maximum atomic E-state index is 9.60. The van der Waals surface area contributed by atoms with Crippen molar-refractivity contribution >= 4 is 6.03 Å². The minimum Gasteiger partial charge on any atom is -0.349 e. The number of aromatic nitrogens is 2. The number of rotatable bonds is 2. The van der Waals surface area contributed by atoms with Crippen molar-refractivity contribution in [1.82, 2.24) is 14.9 Å². The largest absolute Gasteiger partial charge is 0.349 e. The summed E-state index contributed by atoms with van der Waals surface area (Å²) in [6, 6.07) is 11.4. The van der Waals surface area contributed by atoms with E-state index in [0.717, 1.165) is 6.54 Å². The molecule has 0 spiro atoms. The number of primary amides is 1. The summed E-state index contributed by atoms with van der Waals surface area (Å²) in [7, 11) is 0. The predicted octanol–water partition coefficient (Wildman–Crippen LogP) is 0.0459. The molecular weight excluding hydrogens is 232 g/mol. The van der Waals surface area contributed by atoms with Gasteiger partial charge in [0.15, 0.2) is 0 Å². The zero-order valence-electron chi connectivity index (χ0n) is 9.81. The van der Waals surface area contributed by atoms with E-state index in [0.29, 0.717) is 5.12 Å². The van der Waals surface area contributed by atoms with Gasteiger partial charge in [0.2, 0.25) is 0 Å². The third-order valence-electron chi connectivity index (χ3n) is 2.00. The van der Waals surface area contributed by atoms with Crippen molar-refractivity contribution in [3.8, 4) is 0 Å². The van der Waals surface area contributed by atoms with Gasteiger partial charge in [-0.25, -0.2) is 16.5 Å². The number of carbonyl (C=O) groups excluding carboxylic acids is 1. The van der Waals surface area contributed by atoms with Gasteiger partial charge in [0.25, 0.3) is 0 Å². The second-order valence-electron chi connectivity index (χ2n) is 3.43. The van der Waals surface area contributed by atoms with Crippen LogP contribution in [0.4, 0.5) is 4.79 Å². The molecule has 2 rings (SSSR count). The van der Waals surface area contributed by atoms with Crippen molar-refractivity contribution in [3.63, 3.8) is 0 Å². The predicted molar refractivity (Wildman–Crippen MR) is 67.6 cm³/mol. The normalized spacial score (nSPS) is 9.22. The Kier molecular flexibility index (Phi) is 5.36. The van der Waals surface area contributed by atoms with Crippen LogP contribution in [0.3, 0.4) is 0 Å². The Hall–Kier alpha value is -2.38. The maximum Gasteiger partial charge on any atom is 0.343 e. The molecule has 0 aliphatic rings. The molecule has 1 heterocycles. The Bertz CT molecular complexity index is 454. The van der Waals surface area contributed by atoms with E-state index in [1.807, 2.05) is 35.1 Å². The van der Waals surface area contributed by atoms with E-state index in [4.69, 9.17) is 0 Å². The van der Waals surface area contributed by atoms with Gasteiger partial charge in [0, 0.05) is 12.4 Å². The van der Waals surface area contributed by atoms with Gasteiger partial charge in [-0.1, -0.05) is 30.3 Å². The van der Waals surface area contributed by atoms with E-state index in [1.165, 1.54) is 5.56 Å². The summed E-state index contributed by atoms with van der Waals surface area (Å²) in [5.41, 5.74) is 5.75. The van der Waals surface area contributed by atoms with Gasteiger partial charge in [-0.15, -0.1) is 0 Å². The van der Waals surface area contributed by atoms with Crippen LogP contribution in [0.15, 0.2) is 48.8 Å². The Morgan fingerprint density at radius 2 is 1.83 bits per heavy atom. The van der Waals surface area contributed by atoms with Gasteiger partial charge >= 0.3 is 6.03 Å². The highest BCUT2D eigenvalue weighted by atomic mass is 16.2. The highest BCUT2D eigenvalue weighted by Gasteiger charge is 1.91. The second-order valence-corrected chi connectivity index (χ2v) is 3.43. The van der Waals surface area contributed by atoms with Gasteiger partial charge in [-0.3, -0.25) is 4.68 Å². The number of amides is 2. The monoisotopic (exact) mass is 248 g/mol. The Morgan fingerprint density at radius 1 is 1.22 bits per heavy atom. The van der Waals surface area contributed by atoms with Crippen molar-refractivity contribution < 1.29 is 4.79 Å². The molecule has 1 aromatic carbocycles. The van der Waals surface area contributed by atoms with E-state index >= 15 is 0 Å². The lowest BCUT2D eigenvalue weighted by Crippen LogP contribution is -2.46. The van der Waals surface area contributed by atoms with Gasteiger partial charge in [0.1, 0.15) is 0 Å². The molecule has 7 heteroatoms. The number of hydrazine groups is 2. The topological polar surface area (TPSA) is 116 Å². The third kappa shape index (κ3) is 5.10. The average molecular weight is 248 g/mol. The smallest absolute Gasteiger partial charge is 0.343 e. The van der Waals surface area contributed by atoms with E-state index in [-0.39, 0.29) is 0 Å². The number of hydrogen-bond donors (Lipinski definition) is 3. The van der Waals surface area contributed by atoms with E-state index in [1.54, 1.807) is 6.20 Å². The number of urea groups is 1. The second kappa shape index (κ2) is 7.05. The standard InChI is InChI=1S/C10H10N2.CH6N4O/c1-2-5-10(6-3-1)9-12-8-4-7-11-12;2-1(6)5(3)4/h1-8H,9H2;3-4H2,(H2,2,6). The molecule has 96 valence electrons. The fourth-order valence-electron chi connectivity index (χ4n) is 1.16. The average Bonchev–Trinajstić information content (AvgIpc) is 2.84. The lowest BCUT2D eigenvalue weighted by molar-refractivity contribution is 0.210. The minimum absolute atomic E-state index is 0.306. The summed E-state index contributed by atoms with van der Waals surface area (Å²) in [5, 5.41) is 4.43. The Morgan fingerprint density at radius 3 is 2.28 bits per heavy atom. The summed E-state index contributed by atoms with van der Waals surface area (Å²) in [6.45, 7) is 0.855. The molecule has 0 aliphatic heterocycles. The molecule has 0 atom stereocenters. The molecule has 6 N–H and O–H groups in total. The van der Waals surface area contributed by atoms with Crippen molar-refractivity contribution in [2.24, 2.45) is 17.4 Å². The van der Waals surface area contributed by atoms with Crippen LogP contribution in [0.5, 0.6) is 0 Å². The molecule has 0 fully saturated rings. The van der Waals surface area contributed by atoms with Crippen molar-refractivity contribution in [1.29, 1.82) is 0 Å². The molecule has 2 aromatic rings. The summed E-state index contributed by atoms with van der Waals surface area (Å²) < 4.78 is 1.91. The van der Waals surface area contributed by atoms with Crippen molar-refractivity contribution in [2.75, 3.05) is 0 Å². The first-order chi connectivity index (χ1) is 8.59. The SMILES string of the molecule is NC(=O)N(N)N.c1ccc(Cn2cccn2)cc1. The molecule has 0 radical (unpaired) electrons. The van der Waals surface area contributed by atoms with Crippen molar-refractivity contribution in [2.45, 2.75) is 6.54 Å². The van der Waals surface area contributed by atoms with E-state index in [2.05, 4.69) is 34.7 Å². The lowest BCUT2D eigenvalue weighted by atomic mass is 10.2. The first kappa shape index (κ1) is 13.7. The summed E-state index contributed by atoms with van der Waals surface area (Å²) >= 11 is 0. The van der Waals surface area contributed by atoms with Crippen LogP contribution in [-0.2, 0) is 6.54 Å². The number of carbonyl (C=O) groups is 1. The van der Waals surface area contributed by atoms with Gasteiger partial charge in [-0.2, -0.15) is 10.2 Å². The molecule has 7 nitrogen and oxygen atoms in total. The molecule has 0 aliphatic carbocycles.